The summed E-state index contributed by atoms with van der Waals surface area (Å²) in [5.41, 5.74) is -6.53. The zero-order valence-corrected chi connectivity index (χ0v) is 23.6. The Morgan fingerprint density at radius 1 is 1.10 bits per heavy atom. The van der Waals surface area contributed by atoms with Gasteiger partial charge in [0.05, 0.1) is 4.90 Å². The fourth-order valence-corrected chi connectivity index (χ4v) is 7.80. The molecule has 0 aliphatic heterocycles. The van der Waals surface area contributed by atoms with Crippen LogP contribution < -0.4 is 0 Å². The van der Waals surface area contributed by atoms with Gasteiger partial charge in [0.2, 0.25) is 11.0 Å². The topological polar surface area (TPSA) is 80.8 Å². The molecule has 0 spiro atoms. The van der Waals surface area contributed by atoms with Gasteiger partial charge in [-0.25, -0.2) is 25.7 Å². The molecule has 0 heterocycles. The molecule has 1 unspecified atom stereocenters. The Hall–Kier alpha value is -2.09. The van der Waals surface area contributed by atoms with E-state index in [1.807, 2.05) is 0 Å². The molecule has 0 radical (unpaired) electrons. The molecule has 0 N–H and O–H groups in total. The van der Waals surface area contributed by atoms with Gasteiger partial charge < -0.3 is 4.74 Å². The van der Waals surface area contributed by atoms with Crippen molar-refractivity contribution in [2.45, 2.75) is 73.2 Å². The van der Waals surface area contributed by atoms with Gasteiger partial charge in [0.15, 0.2) is 9.84 Å². The minimum absolute atomic E-state index is 0.168. The molecule has 0 bridgehead atoms. The number of alkyl halides is 3. The average molecular weight is 616 g/mol. The van der Waals surface area contributed by atoms with Crippen LogP contribution in [-0.4, -0.2) is 46.6 Å². The third-order valence-electron chi connectivity index (χ3n) is 6.19. The second kappa shape index (κ2) is 11.4. The highest BCUT2D eigenvalue weighted by molar-refractivity contribution is 7.92. The van der Waals surface area contributed by atoms with Gasteiger partial charge in [-0.15, -0.1) is 0 Å². The molecular formula is C25H27ClF5NO5S2. The molecule has 3 rings (SSSR count). The van der Waals surface area contributed by atoms with Crippen molar-refractivity contribution in [3.8, 4) is 0 Å². The Kier molecular flexibility index (Phi) is 9.20. The summed E-state index contributed by atoms with van der Waals surface area (Å²) in [7, 11) is -8.06. The van der Waals surface area contributed by atoms with E-state index in [4.69, 9.17) is 16.3 Å². The van der Waals surface area contributed by atoms with Crippen LogP contribution in [0.25, 0.3) is 0 Å². The lowest BCUT2D eigenvalue weighted by Gasteiger charge is -2.50. The summed E-state index contributed by atoms with van der Waals surface area (Å²) in [6, 6.07) is 5.88. The largest absolute Gasteiger partial charge is 0.485 e. The number of rotatable bonds is 9. The molecule has 2 aromatic rings. The monoisotopic (exact) mass is 615 g/mol. The smallest absolute Gasteiger partial charge is 0.460 e. The summed E-state index contributed by atoms with van der Waals surface area (Å²) in [4.78, 5) is 11.7. The number of hydrogen-bond donors (Lipinski definition) is 0. The van der Waals surface area contributed by atoms with E-state index in [1.54, 1.807) is 20.8 Å². The van der Waals surface area contributed by atoms with E-state index < -0.39 is 85.3 Å². The quantitative estimate of drug-likeness (QED) is 0.253. The third-order valence-corrected chi connectivity index (χ3v) is 10.2. The van der Waals surface area contributed by atoms with E-state index in [-0.39, 0.29) is 22.8 Å². The second-order valence-electron chi connectivity index (χ2n) is 10.2. The van der Waals surface area contributed by atoms with Gasteiger partial charge in [-0.2, -0.15) is 13.2 Å². The summed E-state index contributed by atoms with van der Waals surface area (Å²) >= 11 is 5.85. The summed E-state index contributed by atoms with van der Waals surface area (Å²) in [6.07, 6.45) is -1.65. The Bertz CT molecular complexity index is 1340. The summed E-state index contributed by atoms with van der Waals surface area (Å²) in [6.45, 7) is 4.38. The maximum Gasteiger partial charge on any atom is 0.485 e. The van der Waals surface area contributed by atoms with Crippen LogP contribution >= 0.6 is 11.6 Å². The van der Waals surface area contributed by atoms with E-state index in [1.165, 1.54) is 12.1 Å². The maximum atomic E-state index is 14.9. The van der Waals surface area contributed by atoms with Crippen molar-refractivity contribution in [2.24, 2.45) is 0 Å². The Balaban J connectivity index is 1.96. The number of ether oxygens (including phenoxy) is 1. The van der Waals surface area contributed by atoms with Gasteiger partial charge in [0.1, 0.15) is 22.0 Å². The first kappa shape index (κ1) is 31.4. The number of hydrogen-bond acceptors (Lipinski definition) is 5. The van der Waals surface area contributed by atoms with E-state index in [0.717, 1.165) is 24.3 Å². The molecule has 6 nitrogen and oxygen atoms in total. The summed E-state index contributed by atoms with van der Waals surface area (Å²) in [5, 5.41) is 0.211. The molecular weight excluding hydrogens is 589 g/mol. The number of sulfone groups is 1. The lowest BCUT2D eigenvalue weighted by molar-refractivity contribution is -0.154. The fourth-order valence-electron chi connectivity index (χ4n) is 4.48. The number of carbonyl (C=O) groups is 1. The zero-order chi connectivity index (χ0) is 29.4. The molecule has 14 heteroatoms. The van der Waals surface area contributed by atoms with Crippen molar-refractivity contribution in [2.75, 3.05) is 6.54 Å². The highest BCUT2D eigenvalue weighted by Crippen LogP contribution is 2.54. The number of carbonyl (C=O) groups excluding carboxylic acids is 1. The van der Waals surface area contributed by atoms with Gasteiger partial charge in [-0.1, -0.05) is 11.6 Å². The first-order valence-corrected chi connectivity index (χ1v) is 14.8. The van der Waals surface area contributed by atoms with Crippen LogP contribution in [0.15, 0.2) is 47.4 Å². The normalized spacial score (nSPS) is 20.9. The first-order valence-electron chi connectivity index (χ1n) is 11.8. The second-order valence-corrected chi connectivity index (χ2v) is 14.3. The lowest BCUT2D eigenvalue weighted by Crippen LogP contribution is -2.59. The molecule has 1 fully saturated rings. The molecule has 1 aliphatic rings. The van der Waals surface area contributed by atoms with E-state index in [9.17, 15) is 39.4 Å². The van der Waals surface area contributed by atoms with Crippen molar-refractivity contribution in [3.63, 3.8) is 0 Å². The first-order chi connectivity index (χ1) is 17.9. The lowest BCUT2D eigenvalue weighted by atomic mass is 9.74. The van der Waals surface area contributed by atoms with E-state index in [2.05, 4.69) is 0 Å². The number of halogens is 6. The van der Waals surface area contributed by atoms with Gasteiger partial charge in [0.25, 0.3) is 0 Å². The predicted octanol–water partition coefficient (Wildman–Crippen LogP) is 6.06. The molecule has 1 atom stereocenters. The number of esters is 1. The van der Waals surface area contributed by atoms with Crippen LogP contribution in [0.5, 0.6) is 0 Å². The van der Waals surface area contributed by atoms with Crippen molar-refractivity contribution >= 4 is 38.4 Å². The summed E-state index contributed by atoms with van der Waals surface area (Å²) < 4.78 is 113. The van der Waals surface area contributed by atoms with Gasteiger partial charge in [0, 0.05) is 29.6 Å². The minimum atomic E-state index is -5.18. The van der Waals surface area contributed by atoms with Crippen molar-refractivity contribution in [1.29, 1.82) is 0 Å². The van der Waals surface area contributed by atoms with Crippen molar-refractivity contribution in [1.82, 2.24) is 4.31 Å². The van der Waals surface area contributed by atoms with Crippen molar-refractivity contribution < 1.29 is 44.1 Å². The molecule has 1 aliphatic carbocycles. The van der Waals surface area contributed by atoms with Crippen LogP contribution in [0.1, 0.15) is 52.0 Å². The predicted molar refractivity (Wildman–Crippen MR) is 136 cm³/mol. The van der Waals surface area contributed by atoms with Crippen LogP contribution in [0.2, 0.25) is 5.02 Å². The highest BCUT2D eigenvalue weighted by atomic mass is 35.5. The molecule has 39 heavy (non-hydrogen) atoms. The molecule has 216 valence electrons. The molecule has 0 amide bonds. The van der Waals surface area contributed by atoms with Gasteiger partial charge in [-0.3, -0.25) is 4.79 Å². The van der Waals surface area contributed by atoms with Gasteiger partial charge >= 0.3 is 11.5 Å². The van der Waals surface area contributed by atoms with E-state index >= 15 is 0 Å². The number of nitrogens with zero attached hydrogens (tertiary/aromatic N) is 1. The van der Waals surface area contributed by atoms with E-state index in [0.29, 0.717) is 10.4 Å². The van der Waals surface area contributed by atoms with Crippen LogP contribution in [0, 0.1) is 11.6 Å². The summed E-state index contributed by atoms with van der Waals surface area (Å²) in [5.74, 6) is -2.66. The minimum Gasteiger partial charge on any atom is -0.460 e. The van der Waals surface area contributed by atoms with Crippen molar-refractivity contribution in [3.05, 3.63) is 64.7 Å². The maximum absolute atomic E-state index is 14.9. The van der Waals surface area contributed by atoms with Crippen LogP contribution in [-0.2, 0) is 35.1 Å². The molecule has 1 saturated carbocycles. The Morgan fingerprint density at radius 3 is 2.23 bits per heavy atom. The Morgan fingerprint density at radius 2 is 1.69 bits per heavy atom. The molecule has 0 aromatic heterocycles. The standard InChI is InChI=1S/C25H27ClF5NO5S2/c1-23(2,3)37-22(33)5-4-12-32(38(34)25(29,30)31)18-14-24(15-18,20-13-17(27)8-11-21(20)28)39(35,36)19-9-6-16(26)7-10-19/h6-11,13,18H,4-5,12,14-15H2,1-3H3. The molecule has 2 aromatic carbocycles. The van der Waals surface area contributed by atoms with Gasteiger partial charge in [-0.05, 0) is 82.5 Å². The SMILES string of the molecule is CC(C)(C)OC(=O)CCCN(C1CC(c2cc(F)ccc2F)(S(=O)(=O)c2ccc(Cl)cc2)C1)S(=O)C(F)(F)F. The van der Waals surface area contributed by atoms with Crippen LogP contribution in [0.4, 0.5) is 22.0 Å². The zero-order valence-electron chi connectivity index (χ0n) is 21.2. The van der Waals surface area contributed by atoms with Crippen LogP contribution in [0.3, 0.4) is 0 Å². The highest BCUT2D eigenvalue weighted by Gasteiger charge is 2.60. The third kappa shape index (κ3) is 6.98. The fraction of sp³-hybridized carbons (Fsp3) is 0.480. The molecule has 0 saturated heterocycles. The number of benzene rings is 2. The Labute approximate surface area is 231 Å². The average Bonchev–Trinajstić information content (AvgIpc) is 2.77.